The van der Waals surface area contributed by atoms with E-state index < -0.39 is 0 Å². The van der Waals surface area contributed by atoms with Gasteiger partial charge in [0.2, 0.25) is 0 Å². The Bertz CT molecular complexity index is 158. The molecule has 0 aromatic heterocycles. The van der Waals surface area contributed by atoms with Crippen LogP contribution in [-0.4, -0.2) is 17.5 Å². The highest BCUT2D eigenvalue weighted by Crippen LogP contribution is 2.24. The van der Waals surface area contributed by atoms with Crippen molar-refractivity contribution in [3.8, 4) is 0 Å². The van der Waals surface area contributed by atoms with Crippen LogP contribution in [0.5, 0.6) is 0 Å². The van der Waals surface area contributed by atoms with Gasteiger partial charge in [-0.1, -0.05) is 32.1 Å². The third-order valence-corrected chi connectivity index (χ3v) is 3.14. The number of ketones is 1. The van der Waals surface area contributed by atoms with E-state index in [1.165, 1.54) is 32.1 Å². The molecule has 1 N–H and O–H groups in total. The Morgan fingerprint density at radius 3 is 2.21 bits per heavy atom. The standard InChI is InChI=1S/C12H22O2/c13-10-6-9-12(14)11-7-4-2-1-3-5-8-11/h11,13H,1-10H2. The summed E-state index contributed by atoms with van der Waals surface area (Å²) in [5, 5.41) is 8.66. The normalized spacial score (nSPS) is 20.1. The van der Waals surface area contributed by atoms with Crippen LogP contribution in [0.15, 0.2) is 0 Å². The monoisotopic (exact) mass is 198 g/mol. The van der Waals surface area contributed by atoms with E-state index in [0.717, 1.165) is 12.8 Å². The van der Waals surface area contributed by atoms with E-state index in [0.29, 0.717) is 24.5 Å². The molecule has 0 amide bonds. The lowest BCUT2D eigenvalue weighted by Crippen LogP contribution is -2.16. The Balaban J connectivity index is 2.27. The summed E-state index contributed by atoms with van der Waals surface area (Å²) in [5.74, 6) is 0.697. The van der Waals surface area contributed by atoms with Crippen LogP contribution in [0.3, 0.4) is 0 Å². The van der Waals surface area contributed by atoms with Crippen molar-refractivity contribution >= 4 is 5.78 Å². The lowest BCUT2D eigenvalue weighted by atomic mass is 9.87. The van der Waals surface area contributed by atoms with Crippen molar-refractivity contribution in [2.75, 3.05) is 6.61 Å². The van der Waals surface area contributed by atoms with E-state index >= 15 is 0 Å². The molecule has 14 heavy (non-hydrogen) atoms. The fraction of sp³-hybridized carbons (Fsp3) is 0.917. The smallest absolute Gasteiger partial charge is 0.136 e. The van der Waals surface area contributed by atoms with Gasteiger partial charge in [0.15, 0.2) is 0 Å². The molecule has 0 spiro atoms. The third kappa shape index (κ3) is 4.23. The number of rotatable bonds is 4. The molecule has 0 heterocycles. The fourth-order valence-electron chi connectivity index (χ4n) is 2.24. The van der Waals surface area contributed by atoms with E-state index in [4.69, 9.17) is 5.11 Å². The highest BCUT2D eigenvalue weighted by molar-refractivity contribution is 5.80. The molecular weight excluding hydrogens is 176 g/mol. The molecule has 0 bridgehead atoms. The molecule has 0 saturated heterocycles. The molecule has 1 saturated carbocycles. The first kappa shape index (κ1) is 11.7. The van der Waals surface area contributed by atoms with Gasteiger partial charge in [0.1, 0.15) is 5.78 Å². The average molecular weight is 198 g/mol. The first-order valence-corrected chi connectivity index (χ1v) is 5.98. The summed E-state index contributed by atoms with van der Waals surface area (Å²) in [7, 11) is 0. The minimum atomic E-state index is 0.151. The molecule has 0 radical (unpaired) electrons. The molecule has 1 aliphatic rings. The molecule has 1 rings (SSSR count). The first-order chi connectivity index (χ1) is 6.84. The molecule has 0 atom stereocenters. The zero-order valence-electron chi connectivity index (χ0n) is 9.00. The molecule has 2 nitrogen and oxygen atoms in total. The summed E-state index contributed by atoms with van der Waals surface area (Å²) in [6.45, 7) is 0.151. The summed E-state index contributed by atoms with van der Waals surface area (Å²) in [6, 6.07) is 0. The van der Waals surface area contributed by atoms with Gasteiger partial charge in [-0.05, 0) is 19.3 Å². The van der Waals surface area contributed by atoms with Crippen molar-refractivity contribution in [1.82, 2.24) is 0 Å². The van der Waals surface area contributed by atoms with E-state index in [9.17, 15) is 4.79 Å². The van der Waals surface area contributed by atoms with Crippen molar-refractivity contribution in [3.05, 3.63) is 0 Å². The highest BCUT2D eigenvalue weighted by Gasteiger charge is 2.18. The second-order valence-corrected chi connectivity index (χ2v) is 4.34. The van der Waals surface area contributed by atoms with Crippen molar-refractivity contribution in [2.45, 2.75) is 57.8 Å². The van der Waals surface area contributed by atoms with Crippen LogP contribution >= 0.6 is 0 Å². The maximum absolute atomic E-state index is 11.7. The molecule has 0 aromatic carbocycles. The molecule has 0 aromatic rings. The van der Waals surface area contributed by atoms with Crippen molar-refractivity contribution < 1.29 is 9.90 Å². The minimum absolute atomic E-state index is 0.151. The maximum atomic E-state index is 11.7. The van der Waals surface area contributed by atoms with E-state index in [-0.39, 0.29) is 6.61 Å². The largest absolute Gasteiger partial charge is 0.396 e. The molecule has 0 unspecified atom stereocenters. The Kier molecular flexibility index (Phi) is 5.85. The average Bonchev–Trinajstić information content (AvgIpc) is 2.13. The Labute approximate surface area is 86.7 Å². The molecular formula is C12H22O2. The molecule has 1 aliphatic carbocycles. The zero-order valence-corrected chi connectivity index (χ0v) is 9.00. The third-order valence-electron chi connectivity index (χ3n) is 3.14. The maximum Gasteiger partial charge on any atom is 0.136 e. The van der Waals surface area contributed by atoms with Gasteiger partial charge in [-0.15, -0.1) is 0 Å². The molecule has 0 aliphatic heterocycles. The number of aliphatic hydroxyl groups excluding tert-OH is 1. The van der Waals surface area contributed by atoms with Crippen LogP contribution in [0.1, 0.15) is 57.8 Å². The van der Waals surface area contributed by atoms with Crippen LogP contribution < -0.4 is 0 Å². The van der Waals surface area contributed by atoms with Gasteiger partial charge in [-0.3, -0.25) is 4.79 Å². The Morgan fingerprint density at radius 2 is 1.64 bits per heavy atom. The number of carbonyl (C=O) groups is 1. The topological polar surface area (TPSA) is 37.3 Å². The number of hydrogen-bond acceptors (Lipinski definition) is 2. The van der Waals surface area contributed by atoms with Crippen LogP contribution in [-0.2, 0) is 4.79 Å². The fourth-order valence-corrected chi connectivity index (χ4v) is 2.24. The van der Waals surface area contributed by atoms with Crippen LogP contribution in [0.25, 0.3) is 0 Å². The second-order valence-electron chi connectivity index (χ2n) is 4.34. The van der Waals surface area contributed by atoms with Gasteiger partial charge in [0, 0.05) is 18.9 Å². The van der Waals surface area contributed by atoms with Crippen LogP contribution in [0.4, 0.5) is 0 Å². The van der Waals surface area contributed by atoms with Gasteiger partial charge >= 0.3 is 0 Å². The minimum Gasteiger partial charge on any atom is -0.396 e. The van der Waals surface area contributed by atoms with Gasteiger partial charge < -0.3 is 5.11 Å². The highest BCUT2D eigenvalue weighted by atomic mass is 16.3. The van der Waals surface area contributed by atoms with Crippen molar-refractivity contribution in [1.29, 1.82) is 0 Å². The predicted molar refractivity (Wildman–Crippen MR) is 57.1 cm³/mol. The zero-order chi connectivity index (χ0) is 10.2. The summed E-state index contributed by atoms with van der Waals surface area (Å²) in [6.07, 6.45) is 9.78. The second kappa shape index (κ2) is 6.99. The number of Topliss-reactive ketones (excluding diaryl/α,β-unsaturated/α-hetero) is 1. The van der Waals surface area contributed by atoms with Gasteiger partial charge in [0.25, 0.3) is 0 Å². The lowest BCUT2D eigenvalue weighted by Gasteiger charge is -2.18. The SMILES string of the molecule is O=C(CCCO)C1CCCCCCC1. The Hall–Kier alpha value is -0.370. The molecule has 82 valence electrons. The van der Waals surface area contributed by atoms with E-state index in [1.54, 1.807) is 0 Å². The summed E-state index contributed by atoms with van der Waals surface area (Å²) in [5.41, 5.74) is 0. The van der Waals surface area contributed by atoms with Crippen molar-refractivity contribution in [3.63, 3.8) is 0 Å². The number of hydrogen-bond donors (Lipinski definition) is 1. The quantitative estimate of drug-likeness (QED) is 0.754. The van der Waals surface area contributed by atoms with Gasteiger partial charge in [-0.2, -0.15) is 0 Å². The van der Waals surface area contributed by atoms with Gasteiger partial charge in [0.05, 0.1) is 0 Å². The summed E-state index contributed by atoms with van der Waals surface area (Å²) >= 11 is 0. The molecule has 1 fully saturated rings. The van der Waals surface area contributed by atoms with Crippen molar-refractivity contribution in [2.24, 2.45) is 5.92 Å². The van der Waals surface area contributed by atoms with Gasteiger partial charge in [-0.25, -0.2) is 0 Å². The number of carbonyl (C=O) groups excluding carboxylic acids is 1. The summed E-state index contributed by atoms with van der Waals surface area (Å²) in [4.78, 5) is 11.7. The lowest BCUT2D eigenvalue weighted by molar-refractivity contribution is -0.123. The van der Waals surface area contributed by atoms with E-state index in [1.807, 2.05) is 0 Å². The van der Waals surface area contributed by atoms with Crippen LogP contribution in [0.2, 0.25) is 0 Å². The number of aliphatic hydroxyl groups is 1. The summed E-state index contributed by atoms with van der Waals surface area (Å²) < 4.78 is 0. The molecule has 2 heteroatoms. The predicted octanol–water partition coefficient (Wildman–Crippen LogP) is 2.69. The first-order valence-electron chi connectivity index (χ1n) is 5.98. The van der Waals surface area contributed by atoms with E-state index in [2.05, 4.69) is 0 Å². The van der Waals surface area contributed by atoms with Crippen LogP contribution in [0, 0.1) is 5.92 Å². The Morgan fingerprint density at radius 1 is 1.07 bits per heavy atom.